The van der Waals surface area contributed by atoms with Gasteiger partial charge in [0.15, 0.2) is 0 Å². The SMILES string of the molecule is CCCNCC(O)COc1ccc(C(F)(F)F)cc1. The van der Waals surface area contributed by atoms with E-state index in [9.17, 15) is 18.3 Å². The van der Waals surface area contributed by atoms with Gasteiger partial charge >= 0.3 is 6.18 Å². The van der Waals surface area contributed by atoms with Crippen LogP contribution in [0.15, 0.2) is 24.3 Å². The quantitative estimate of drug-likeness (QED) is 0.752. The van der Waals surface area contributed by atoms with E-state index in [2.05, 4.69) is 5.32 Å². The molecule has 0 aliphatic carbocycles. The van der Waals surface area contributed by atoms with Gasteiger partial charge in [-0.25, -0.2) is 0 Å². The van der Waals surface area contributed by atoms with E-state index in [-0.39, 0.29) is 6.61 Å². The van der Waals surface area contributed by atoms with Gasteiger partial charge in [-0.05, 0) is 37.2 Å². The Hall–Kier alpha value is -1.27. The highest BCUT2D eigenvalue weighted by Gasteiger charge is 2.30. The molecule has 0 saturated carbocycles. The molecule has 0 amide bonds. The second-order valence-electron chi connectivity index (χ2n) is 4.19. The summed E-state index contributed by atoms with van der Waals surface area (Å²) >= 11 is 0. The molecular formula is C13H18F3NO2. The number of halogens is 3. The van der Waals surface area contributed by atoms with Crippen LogP contribution in [0.3, 0.4) is 0 Å². The van der Waals surface area contributed by atoms with Crippen molar-refractivity contribution in [2.24, 2.45) is 0 Å². The first-order chi connectivity index (χ1) is 8.93. The topological polar surface area (TPSA) is 41.5 Å². The first kappa shape index (κ1) is 15.8. The Morgan fingerprint density at radius 3 is 2.42 bits per heavy atom. The molecule has 0 spiro atoms. The van der Waals surface area contributed by atoms with Crippen LogP contribution in [0.4, 0.5) is 13.2 Å². The number of hydrogen-bond donors (Lipinski definition) is 2. The Bertz CT molecular complexity index is 365. The van der Waals surface area contributed by atoms with E-state index in [4.69, 9.17) is 4.74 Å². The van der Waals surface area contributed by atoms with Crippen molar-refractivity contribution in [2.75, 3.05) is 19.7 Å². The molecule has 0 aliphatic heterocycles. The minimum Gasteiger partial charge on any atom is -0.491 e. The van der Waals surface area contributed by atoms with Gasteiger partial charge in [0, 0.05) is 6.54 Å². The molecule has 108 valence electrons. The van der Waals surface area contributed by atoms with E-state index in [1.54, 1.807) is 0 Å². The summed E-state index contributed by atoms with van der Waals surface area (Å²) in [6.45, 7) is 3.26. The van der Waals surface area contributed by atoms with Gasteiger partial charge in [-0.15, -0.1) is 0 Å². The lowest BCUT2D eigenvalue weighted by atomic mass is 10.2. The predicted molar refractivity (Wildman–Crippen MR) is 66.1 cm³/mol. The second-order valence-corrected chi connectivity index (χ2v) is 4.19. The van der Waals surface area contributed by atoms with Crippen LogP contribution < -0.4 is 10.1 Å². The fourth-order valence-electron chi connectivity index (χ4n) is 1.44. The van der Waals surface area contributed by atoms with Gasteiger partial charge in [0.2, 0.25) is 0 Å². The van der Waals surface area contributed by atoms with Gasteiger partial charge in [-0.1, -0.05) is 6.92 Å². The predicted octanol–water partition coefficient (Wildman–Crippen LogP) is 2.44. The summed E-state index contributed by atoms with van der Waals surface area (Å²) in [6.07, 6.45) is -4.07. The molecule has 0 saturated heterocycles. The number of benzene rings is 1. The molecule has 0 fully saturated rings. The average molecular weight is 277 g/mol. The molecule has 1 aromatic rings. The van der Waals surface area contributed by atoms with Crippen LogP contribution in [0.2, 0.25) is 0 Å². The number of hydrogen-bond acceptors (Lipinski definition) is 3. The Labute approximate surface area is 110 Å². The minimum atomic E-state index is -4.35. The highest BCUT2D eigenvalue weighted by Crippen LogP contribution is 2.30. The van der Waals surface area contributed by atoms with E-state index >= 15 is 0 Å². The molecule has 0 aromatic heterocycles. The molecule has 0 heterocycles. The van der Waals surface area contributed by atoms with Crippen molar-refractivity contribution in [3.63, 3.8) is 0 Å². The van der Waals surface area contributed by atoms with E-state index in [0.29, 0.717) is 12.3 Å². The fourth-order valence-corrected chi connectivity index (χ4v) is 1.44. The van der Waals surface area contributed by atoms with Gasteiger partial charge in [0.1, 0.15) is 18.5 Å². The van der Waals surface area contributed by atoms with Crippen LogP contribution in [0.5, 0.6) is 5.75 Å². The van der Waals surface area contributed by atoms with E-state index in [1.807, 2.05) is 6.92 Å². The van der Waals surface area contributed by atoms with E-state index in [0.717, 1.165) is 25.1 Å². The number of ether oxygens (including phenoxy) is 1. The van der Waals surface area contributed by atoms with E-state index in [1.165, 1.54) is 12.1 Å². The highest BCUT2D eigenvalue weighted by molar-refractivity contribution is 5.28. The van der Waals surface area contributed by atoms with Crippen LogP contribution in [0, 0.1) is 0 Å². The maximum Gasteiger partial charge on any atom is 0.416 e. The lowest BCUT2D eigenvalue weighted by Gasteiger charge is -2.13. The number of alkyl halides is 3. The second kappa shape index (κ2) is 7.35. The van der Waals surface area contributed by atoms with Gasteiger partial charge in [-0.2, -0.15) is 13.2 Å². The standard InChI is InChI=1S/C13H18F3NO2/c1-2-7-17-8-11(18)9-19-12-5-3-10(4-6-12)13(14,15)16/h3-6,11,17-18H,2,7-9H2,1H3. The van der Waals surface area contributed by atoms with E-state index < -0.39 is 17.8 Å². The first-order valence-corrected chi connectivity index (χ1v) is 6.12. The summed E-state index contributed by atoms with van der Waals surface area (Å²) in [7, 11) is 0. The largest absolute Gasteiger partial charge is 0.491 e. The number of aliphatic hydroxyl groups is 1. The molecule has 0 aliphatic rings. The third kappa shape index (κ3) is 5.94. The van der Waals surface area contributed by atoms with Crippen molar-refractivity contribution in [1.82, 2.24) is 5.32 Å². The lowest BCUT2D eigenvalue weighted by molar-refractivity contribution is -0.137. The Balaban J connectivity index is 2.37. The zero-order chi connectivity index (χ0) is 14.3. The Morgan fingerprint density at radius 2 is 1.89 bits per heavy atom. The van der Waals surface area contributed by atoms with Crippen molar-refractivity contribution < 1.29 is 23.0 Å². The summed E-state index contributed by atoms with van der Waals surface area (Å²) < 4.78 is 42.2. The van der Waals surface area contributed by atoms with Crippen molar-refractivity contribution >= 4 is 0 Å². The van der Waals surface area contributed by atoms with Crippen molar-refractivity contribution in [1.29, 1.82) is 0 Å². The average Bonchev–Trinajstić information content (AvgIpc) is 2.36. The van der Waals surface area contributed by atoms with Crippen LogP contribution >= 0.6 is 0 Å². The van der Waals surface area contributed by atoms with Crippen LogP contribution in [-0.4, -0.2) is 30.9 Å². The molecule has 2 N–H and O–H groups in total. The fraction of sp³-hybridized carbons (Fsp3) is 0.538. The molecule has 0 bridgehead atoms. The summed E-state index contributed by atoms with van der Waals surface area (Å²) in [4.78, 5) is 0. The van der Waals surface area contributed by atoms with Gasteiger partial charge in [0.05, 0.1) is 5.56 Å². The highest BCUT2D eigenvalue weighted by atomic mass is 19.4. The molecule has 1 atom stereocenters. The third-order valence-corrected chi connectivity index (χ3v) is 2.43. The van der Waals surface area contributed by atoms with Gasteiger partial charge < -0.3 is 15.2 Å². The monoisotopic (exact) mass is 277 g/mol. The van der Waals surface area contributed by atoms with Gasteiger partial charge in [0.25, 0.3) is 0 Å². The van der Waals surface area contributed by atoms with Crippen molar-refractivity contribution in [2.45, 2.75) is 25.6 Å². The summed E-state index contributed by atoms with van der Waals surface area (Å²) in [6, 6.07) is 4.40. The molecule has 19 heavy (non-hydrogen) atoms. The number of rotatable bonds is 7. The smallest absolute Gasteiger partial charge is 0.416 e. The maximum atomic E-state index is 12.3. The summed E-state index contributed by atoms with van der Waals surface area (Å²) in [5.41, 5.74) is -0.718. The van der Waals surface area contributed by atoms with Crippen LogP contribution in [0.1, 0.15) is 18.9 Å². The van der Waals surface area contributed by atoms with Crippen LogP contribution in [0.25, 0.3) is 0 Å². The Kier molecular flexibility index (Phi) is 6.11. The molecule has 3 nitrogen and oxygen atoms in total. The van der Waals surface area contributed by atoms with Crippen LogP contribution in [-0.2, 0) is 6.18 Å². The molecular weight excluding hydrogens is 259 g/mol. The third-order valence-electron chi connectivity index (χ3n) is 2.43. The maximum absolute atomic E-state index is 12.3. The minimum absolute atomic E-state index is 0.0437. The molecule has 0 radical (unpaired) electrons. The normalized spacial score (nSPS) is 13.3. The summed E-state index contributed by atoms with van der Waals surface area (Å²) in [5, 5.41) is 12.6. The number of aliphatic hydroxyl groups excluding tert-OH is 1. The van der Waals surface area contributed by atoms with Crippen molar-refractivity contribution in [3.8, 4) is 5.75 Å². The Morgan fingerprint density at radius 1 is 1.26 bits per heavy atom. The zero-order valence-electron chi connectivity index (χ0n) is 10.7. The zero-order valence-corrected chi connectivity index (χ0v) is 10.7. The lowest BCUT2D eigenvalue weighted by Crippen LogP contribution is -2.31. The summed E-state index contributed by atoms with van der Waals surface area (Å²) in [5.74, 6) is 0.308. The number of nitrogens with one attached hydrogen (secondary N) is 1. The van der Waals surface area contributed by atoms with Crippen molar-refractivity contribution in [3.05, 3.63) is 29.8 Å². The molecule has 1 rings (SSSR count). The first-order valence-electron chi connectivity index (χ1n) is 6.12. The van der Waals surface area contributed by atoms with Gasteiger partial charge in [-0.3, -0.25) is 0 Å². The molecule has 1 unspecified atom stereocenters. The molecule has 1 aromatic carbocycles. The molecule has 6 heteroatoms.